The SMILES string of the molecule is COc1cc(CNCCNCCO)ccc1OCc1cccs1. The number of hydrogen-bond donors (Lipinski definition) is 3. The van der Waals surface area contributed by atoms with E-state index in [9.17, 15) is 0 Å². The topological polar surface area (TPSA) is 62.8 Å². The van der Waals surface area contributed by atoms with Crippen LogP contribution >= 0.6 is 11.3 Å². The maximum absolute atomic E-state index is 8.68. The van der Waals surface area contributed by atoms with Gasteiger partial charge in [0.25, 0.3) is 0 Å². The van der Waals surface area contributed by atoms with E-state index in [1.54, 1.807) is 18.4 Å². The number of aliphatic hydroxyl groups excluding tert-OH is 1. The number of nitrogens with one attached hydrogen (secondary N) is 2. The molecule has 0 aliphatic rings. The number of ether oxygens (including phenoxy) is 2. The molecule has 0 radical (unpaired) electrons. The predicted molar refractivity (Wildman–Crippen MR) is 93.3 cm³/mol. The minimum Gasteiger partial charge on any atom is -0.493 e. The average Bonchev–Trinajstić information content (AvgIpc) is 3.10. The molecule has 126 valence electrons. The molecule has 6 heteroatoms. The molecule has 0 unspecified atom stereocenters. The summed E-state index contributed by atoms with van der Waals surface area (Å²) in [7, 11) is 1.66. The lowest BCUT2D eigenvalue weighted by molar-refractivity contribution is 0.287. The molecular formula is C17H24N2O3S. The number of hydrogen-bond acceptors (Lipinski definition) is 6. The van der Waals surface area contributed by atoms with Crippen LogP contribution in [0.15, 0.2) is 35.7 Å². The van der Waals surface area contributed by atoms with E-state index >= 15 is 0 Å². The van der Waals surface area contributed by atoms with Gasteiger partial charge in [-0.1, -0.05) is 12.1 Å². The molecule has 0 aliphatic carbocycles. The molecule has 2 rings (SSSR count). The van der Waals surface area contributed by atoms with Crippen LogP contribution in [-0.4, -0.2) is 38.5 Å². The number of benzene rings is 1. The van der Waals surface area contributed by atoms with Crippen LogP contribution < -0.4 is 20.1 Å². The van der Waals surface area contributed by atoms with Crippen LogP contribution in [0.4, 0.5) is 0 Å². The quantitative estimate of drug-likeness (QED) is 0.548. The summed E-state index contributed by atoms with van der Waals surface area (Å²) in [6.07, 6.45) is 0. The first kappa shape index (κ1) is 17.7. The summed E-state index contributed by atoms with van der Waals surface area (Å²) >= 11 is 1.68. The Hall–Kier alpha value is -1.60. The average molecular weight is 336 g/mol. The Morgan fingerprint density at radius 2 is 1.96 bits per heavy atom. The Kier molecular flexibility index (Phi) is 7.89. The van der Waals surface area contributed by atoms with Gasteiger partial charge in [0, 0.05) is 31.1 Å². The van der Waals surface area contributed by atoms with Crippen molar-refractivity contribution in [3.8, 4) is 11.5 Å². The molecule has 0 spiro atoms. The highest BCUT2D eigenvalue weighted by Gasteiger charge is 2.06. The van der Waals surface area contributed by atoms with Crippen molar-refractivity contribution in [2.45, 2.75) is 13.2 Å². The number of methoxy groups -OCH3 is 1. The Morgan fingerprint density at radius 3 is 2.70 bits per heavy atom. The highest BCUT2D eigenvalue weighted by molar-refractivity contribution is 7.09. The van der Waals surface area contributed by atoms with Gasteiger partial charge in [-0.15, -0.1) is 11.3 Å². The highest BCUT2D eigenvalue weighted by atomic mass is 32.1. The van der Waals surface area contributed by atoms with E-state index in [-0.39, 0.29) is 6.61 Å². The van der Waals surface area contributed by atoms with Gasteiger partial charge in [0.1, 0.15) is 6.61 Å². The molecule has 3 N–H and O–H groups in total. The van der Waals surface area contributed by atoms with Gasteiger partial charge >= 0.3 is 0 Å². The number of thiophene rings is 1. The Labute approximate surface area is 141 Å². The summed E-state index contributed by atoms with van der Waals surface area (Å²) in [6, 6.07) is 10.1. The van der Waals surface area contributed by atoms with Crippen LogP contribution in [-0.2, 0) is 13.2 Å². The summed E-state index contributed by atoms with van der Waals surface area (Å²) in [5.41, 5.74) is 1.15. The summed E-state index contributed by atoms with van der Waals surface area (Å²) in [4.78, 5) is 1.19. The molecule has 0 amide bonds. The third-order valence-corrected chi connectivity index (χ3v) is 4.12. The maximum Gasteiger partial charge on any atom is 0.161 e. The van der Waals surface area contributed by atoms with E-state index in [1.807, 2.05) is 29.6 Å². The van der Waals surface area contributed by atoms with Gasteiger partial charge in [0.15, 0.2) is 11.5 Å². The van der Waals surface area contributed by atoms with Crippen molar-refractivity contribution in [2.75, 3.05) is 33.4 Å². The highest BCUT2D eigenvalue weighted by Crippen LogP contribution is 2.29. The zero-order valence-electron chi connectivity index (χ0n) is 13.4. The predicted octanol–water partition coefficient (Wildman–Crippen LogP) is 2.01. The van der Waals surface area contributed by atoms with E-state index in [1.165, 1.54) is 4.88 Å². The van der Waals surface area contributed by atoms with Gasteiger partial charge in [-0.2, -0.15) is 0 Å². The van der Waals surface area contributed by atoms with Gasteiger partial charge in [0.05, 0.1) is 13.7 Å². The lowest BCUT2D eigenvalue weighted by Crippen LogP contribution is -2.28. The van der Waals surface area contributed by atoms with Crippen LogP contribution in [0.3, 0.4) is 0 Å². The van der Waals surface area contributed by atoms with Gasteiger partial charge < -0.3 is 25.2 Å². The van der Waals surface area contributed by atoms with E-state index in [2.05, 4.69) is 16.7 Å². The fourth-order valence-corrected chi connectivity index (χ4v) is 2.71. The first-order valence-corrected chi connectivity index (χ1v) is 8.56. The van der Waals surface area contributed by atoms with Crippen molar-refractivity contribution in [3.63, 3.8) is 0 Å². The van der Waals surface area contributed by atoms with E-state index in [4.69, 9.17) is 14.6 Å². The Balaban J connectivity index is 1.81. The molecule has 5 nitrogen and oxygen atoms in total. The van der Waals surface area contributed by atoms with E-state index in [0.29, 0.717) is 13.2 Å². The summed E-state index contributed by atoms with van der Waals surface area (Å²) in [5.74, 6) is 1.51. The Morgan fingerprint density at radius 1 is 1.09 bits per heavy atom. The lowest BCUT2D eigenvalue weighted by Gasteiger charge is -2.12. The molecule has 1 aromatic carbocycles. The Bertz CT molecular complexity index is 561. The molecule has 2 aromatic rings. The molecule has 0 atom stereocenters. The van der Waals surface area contributed by atoms with Gasteiger partial charge in [-0.05, 0) is 29.1 Å². The molecule has 1 heterocycles. The van der Waals surface area contributed by atoms with Crippen LogP contribution in [0.1, 0.15) is 10.4 Å². The van der Waals surface area contributed by atoms with Gasteiger partial charge in [-0.25, -0.2) is 0 Å². The maximum atomic E-state index is 8.68. The van der Waals surface area contributed by atoms with Crippen LogP contribution in [0, 0.1) is 0 Å². The standard InChI is InChI=1S/C17H24N2O3S/c1-21-17-11-14(12-19-7-6-18-8-9-20)4-5-16(17)22-13-15-3-2-10-23-15/h2-5,10-11,18-20H,6-9,12-13H2,1H3. The van der Waals surface area contributed by atoms with E-state index < -0.39 is 0 Å². The van der Waals surface area contributed by atoms with E-state index in [0.717, 1.165) is 36.7 Å². The first-order valence-electron chi connectivity index (χ1n) is 7.68. The monoisotopic (exact) mass is 336 g/mol. The number of rotatable bonds is 11. The second kappa shape index (κ2) is 10.2. The van der Waals surface area contributed by atoms with Crippen molar-refractivity contribution in [1.82, 2.24) is 10.6 Å². The molecular weight excluding hydrogens is 312 g/mol. The second-order valence-electron chi connectivity index (χ2n) is 5.00. The van der Waals surface area contributed by atoms with Crippen molar-refractivity contribution < 1.29 is 14.6 Å². The zero-order valence-corrected chi connectivity index (χ0v) is 14.2. The second-order valence-corrected chi connectivity index (χ2v) is 6.04. The van der Waals surface area contributed by atoms with Crippen LogP contribution in [0.5, 0.6) is 11.5 Å². The van der Waals surface area contributed by atoms with Crippen LogP contribution in [0.2, 0.25) is 0 Å². The minimum atomic E-state index is 0.171. The fourth-order valence-electron chi connectivity index (χ4n) is 2.10. The van der Waals surface area contributed by atoms with Crippen molar-refractivity contribution in [2.24, 2.45) is 0 Å². The lowest BCUT2D eigenvalue weighted by atomic mass is 10.2. The zero-order chi connectivity index (χ0) is 16.3. The summed E-state index contributed by atoms with van der Waals surface area (Å²) in [5, 5.41) is 17.2. The first-order chi connectivity index (χ1) is 11.3. The van der Waals surface area contributed by atoms with Crippen molar-refractivity contribution >= 4 is 11.3 Å². The van der Waals surface area contributed by atoms with Gasteiger partial charge in [-0.3, -0.25) is 0 Å². The minimum absolute atomic E-state index is 0.171. The third kappa shape index (κ3) is 6.19. The normalized spacial score (nSPS) is 10.7. The smallest absolute Gasteiger partial charge is 0.161 e. The molecule has 0 aliphatic heterocycles. The largest absolute Gasteiger partial charge is 0.493 e. The third-order valence-electron chi connectivity index (χ3n) is 3.27. The molecule has 0 bridgehead atoms. The summed E-state index contributed by atoms with van der Waals surface area (Å²) in [6.45, 7) is 3.80. The number of aliphatic hydroxyl groups is 1. The summed E-state index contributed by atoms with van der Waals surface area (Å²) < 4.78 is 11.3. The van der Waals surface area contributed by atoms with Crippen molar-refractivity contribution in [3.05, 3.63) is 46.2 Å². The molecule has 0 fully saturated rings. The van der Waals surface area contributed by atoms with Gasteiger partial charge in [0.2, 0.25) is 0 Å². The van der Waals surface area contributed by atoms with Crippen molar-refractivity contribution in [1.29, 1.82) is 0 Å². The van der Waals surface area contributed by atoms with Crippen LogP contribution in [0.25, 0.3) is 0 Å². The molecule has 0 saturated heterocycles. The molecule has 23 heavy (non-hydrogen) atoms. The fraction of sp³-hybridized carbons (Fsp3) is 0.412. The molecule has 1 aromatic heterocycles. The molecule has 0 saturated carbocycles.